The average molecular weight is 477 g/mol. The van der Waals surface area contributed by atoms with Crippen LogP contribution >= 0.6 is 23.5 Å². The number of rotatable bonds is 7. The van der Waals surface area contributed by atoms with Crippen molar-refractivity contribution < 1.29 is 14.4 Å². The fraction of sp³-hybridized carbons (Fsp3) is 0.192. The van der Waals surface area contributed by atoms with E-state index in [1.54, 1.807) is 16.7 Å². The molecule has 1 aliphatic rings. The highest BCUT2D eigenvalue weighted by Crippen LogP contribution is 2.26. The number of nitrogens with zero attached hydrogens (tertiary/aromatic N) is 1. The van der Waals surface area contributed by atoms with Crippen molar-refractivity contribution in [3.8, 4) is 11.1 Å². The number of hydrogen-bond donors (Lipinski definition) is 1. The second-order valence-electron chi connectivity index (χ2n) is 7.87. The lowest BCUT2D eigenvalue weighted by molar-refractivity contribution is -0.118. The molecule has 3 amide bonds. The van der Waals surface area contributed by atoms with E-state index in [0.717, 1.165) is 38.9 Å². The summed E-state index contributed by atoms with van der Waals surface area (Å²) in [6, 6.07) is 23.8. The minimum atomic E-state index is -0.364. The topological polar surface area (TPSA) is 66.5 Å². The zero-order valence-corrected chi connectivity index (χ0v) is 20.0. The van der Waals surface area contributed by atoms with Gasteiger partial charge in [-0.15, -0.1) is 11.8 Å². The van der Waals surface area contributed by atoms with E-state index >= 15 is 0 Å². The smallest absolute Gasteiger partial charge is 0.286 e. The molecule has 7 heteroatoms. The van der Waals surface area contributed by atoms with E-state index in [1.807, 2.05) is 80.0 Å². The summed E-state index contributed by atoms with van der Waals surface area (Å²) < 4.78 is 0. The number of benzene rings is 3. The van der Waals surface area contributed by atoms with Crippen LogP contribution in [0.4, 0.5) is 4.79 Å². The third-order valence-corrected chi connectivity index (χ3v) is 7.23. The Labute approximate surface area is 201 Å². The largest absolute Gasteiger partial charge is 0.337 e. The Hall–Kier alpha value is -3.03. The van der Waals surface area contributed by atoms with Gasteiger partial charge in [-0.05, 0) is 65.3 Å². The molecule has 0 bridgehead atoms. The predicted molar refractivity (Wildman–Crippen MR) is 135 cm³/mol. The third-order valence-electron chi connectivity index (χ3n) is 5.51. The summed E-state index contributed by atoms with van der Waals surface area (Å²) in [5.41, 5.74) is 4.85. The van der Waals surface area contributed by atoms with Crippen LogP contribution in [0.5, 0.6) is 0 Å². The highest BCUT2D eigenvalue weighted by molar-refractivity contribution is 8.15. The van der Waals surface area contributed by atoms with Gasteiger partial charge in [0.1, 0.15) is 0 Å². The van der Waals surface area contributed by atoms with Crippen LogP contribution in [0.25, 0.3) is 11.1 Å². The van der Waals surface area contributed by atoms with E-state index in [2.05, 4.69) is 11.4 Å². The molecule has 1 unspecified atom stereocenters. The Morgan fingerprint density at radius 3 is 2.33 bits per heavy atom. The maximum Gasteiger partial charge on any atom is 0.286 e. The molecule has 1 saturated heterocycles. The second kappa shape index (κ2) is 10.3. The minimum Gasteiger partial charge on any atom is -0.337 e. The SMILES string of the molecule is CSc1ccc(C(=O)N(C)Cc2cccc(-c3ccc(CC4SC(=O)NC4=O)cc3)c2)cc1. The summed E-state index contributed by atoms with van der Waals surface area (Å²) in [6.45, 7) is 0.511. The highest BCUT2D eigenvalue weighted by Gasteiger charge is 2.31. The second-order valence-corrected chi connectivity index (χ2v) is 9.93. The van der Waals surface area contributed by atoms with E-state index in [0.29, 0.717) is 18.5 Å². The molecule has 3 aromatic rings. The van der Waals surface area contributed by atoms with E-state index in [4.69, 9.17) is 0 Å². The van der Waals surface area contributed by atoms with Crippen molar-refractivity contribution in [2.75, 3.05) is 13.3 Å². The van der Waals surface area contributed by atoms with E-state index < -0.39 is 0 Å². The number of carbonyl (C=O) groups excluding carboxylic acids is 3. The lowest BCUT2D eigenvalue weighted by Gasteiger charge is -2.18. The first-order valence-electron chi connectivity index (χ1n) is 10.5. The number of carbonyl (C=O) groups is 3. The van der Waals surface area contributed by atoms with Crippen LogP contribution < -0.4 is 5.32 Å². The minimum absolute atomic E-state index is 0.00953. The molecule has 1 heterocycles. The Morgan fingerprint density at radius 1 is 0.970 bits per heavy atom. The zero-order valence-electron chi connectivity index (χ0n) is 18.4. The monoisotopic (exact) mass is 476 g/mol. The van der Waals surface area contributed by atoms with Crippen molar-refractivity contribution in [3.05, 3.63) is 89.5 Å². The van der Waals surface area contributed by atoms with Gasteiger partial charge in [-0.1, -0.05) is 54.2 Å². The first-order valence-corrected chi connectivity index (χ1v) is 12.6. The van der Waals surface area contributed by atoms with E-state index in [1.165, 1.54) is 0 Å². The van der Waals surface area contributed by atoms with Crippen LogP contribution in [0, 0.1) is 0 Å². The molecule has 168 valence electrons. The molecule has 0 saturated carbocycles. The standard InChI is InChI=1S/C26H24N2O3S2/c1-28(25(30)20-10-12-22(32-2)13-11-20)16-18-4-3-5-21(14-18)19-8-6-17(7-9-19)15-23-24(29)27-26(31)33-23/h3-14,23H,15-16H2,1-2H3,(H,27,29,31). The van der Waals surface area contributed by atoms with Crippen LogP contribution in [-0.2, 0) is 17.8 Å². The van der Waals surface area contributed by atoms with Crippen molar-refractivity contribution >= 4 is 40.6 Å². The molecule has 0 aromatic heterocycles. The van der Waals surface area contributed by atoms with Gasteiger partial charge in [0.2, 0.25) is 5.91 Å². The zero-order chi connectivity index (χ0) is 23.4. The molecule has 0 radical (unpaired) electrons. The molecule has 4 rings (SSSR count). The lowest BCUT2D eigenvalue weighted by atomic mass is 10.00. The van der Waals surface area contributed by atoms with Gasteiger partial charge in [0.15, 0.2) is 0 Å². The van der Waals surface area contributed by atoms with Crippen molar-refractivity contribution in [3.63, 3.8) is 0 Å². The quantitative estimate of drug-likeness (QED) is 0.472. The van der Waals surface area contributed by atoms with Crippen LogP contribution in [-0.4, -0.2) is 40.5 Å². The molecule has 33 heavy (non-hydrogen) atoms. The highest BCUT2D eigenvalue weighted by atomic mass is 32.2. The van der Waals surface area contributed by atoms with Crippen LogP contribution in [0.15, 0.2) is 77.7 Å². The van der Waals surface area contributed by atoms with Crippen molar-refractivity contribution in [2.45, 2.75) is 23.1 Å². The summed E-state index contributed by atoms with van der Waals surface area (Å²) in [7, 11) is 1.81. The van der Waals surface area contributed by atoms with Crippen molar-refractivity contribution in [1.82, 2.24) is 10.2 Å². The Balaban J connectivity index is 1.42. The number of thioether (sulfide) groups is 2. The van der Waals surface area contributed by atoms with Gasteiger partial charge in [-0.3, -0.25) is 19.7 Å². The van der Waals surface area contributed by atoms with Crippen molar-refractivity contribution in [2.24, 2.45) is 0 Å². The fourth-order valence-electron chi connectivity index (χ4n) is 3.72. The van der Waals surface area contributed by atoms with Gasteiger partial charge in [-0.25, -0.2) is 0 Å². The van der Waals surface area contributed by atoms with Gasteiger partial charge in [-0.2, -0.15) is 0 Å². The van der Waals surface area contributed by atoms with Gasteiger partial charge < -0.3 is 4.90 Å². The molecule has 1 fully saturated rings. The van der Waals surface area contributed by atoms with Gasteiger partial charge in [0.25, 0.3) is 11.1 Å². The summed E-state index contributed by atoms with van der Waals surface area (Å²) in [5.74, 6) is -0.231. The molecule has 1 N–H and O–H groups in total. The first kappa shape index (κ1) is 23.1. The molecular formula is C26H24N2O3S2. The summed E-state index contributed by atoms with van der Waals surface area (Å²) >= 11 is 2.70. The van der Waals surface area contributed by atoms with Crippen LogP contribution in [0.1, 0.15) is 21.5 Å². The number of amides is 3. The summed E-state index contributed by atoms with van der Waals surface area (Å²) in [4.78, 5) is 38.8. The third kappa shape index (κ3) is 5.67. The fourth-order valence-corrected chi connectivity index (χ4v) is 4.99. The molecule has 0 spiro atoms. The molecular weight excluding hydrogens is 452 g/mol. The number of imide groups is 1. The van der Waals surface area contributed by atoms with Gasteiger partial charge in [0, 0.05) is 24.1 Å². The molecule has 1 atom stereocenters. The lowest BCUT2D eigenvalue weighted by Crippen LogP contribution is -2.26. The van der Waals surface area contributed by atoms with Gasteiger partial charge in [0.05, 0.1) is 5.25 Å². The number of hydrogen-bond acceptors (Lipinski definition) is 5. The Morgan fingerprint density at radius 2 is 1.70 bits per heavy atom. The average Bonchev–Trinajstić information content (AvgIpc) is 3.15. The predicted octanol–water partition coefficient (Wildman–Crippen LogP) is 5.24. The maximum atomic E-state index is 12.8. The van der Waals surface area contributed by atoms with Crippen LogP contribution in [0.3, 0.4) is 0 Å². The normalized spacial score (nSPS) is 15.4. The molecule has 1 aliphatic heterocycles. The van der Waals surface area contributed by atoms with Crippen LogP contribution in [0.2, 0.25) is 0 Å². The Bertz CT molecular complexity index is 1180. The molecule has 3 aromatic carbocycles. The molecule has 0 aliphatic carbocycles. The molecule has 5 nitrogen and oxygen atoms in total. The summed E-state index contributed by atoms with van der Waals surface area (Å²) in [6.07, 6.45) is 2.53. The first-order chi connectivity index (χ1) is 15.9. The summed E-state index contributed by atoms with van der Waals surface area (Å²) in [5, 5.41) is 1.68. The van der Waals surface area contributed by atoms with Gasteiger partial charge >= 0.3 is 0 Å². The van der Waals surface area contributed by atoms with E-state index in [-0.39, 0.29) is 22.3 Å². The van der Waals surface area contributed by atoms with Crippen molar-refractivity contribution in [1.29, 1.82) is 0 Å². The number of nitrogens with one attached hydrogen (secondary N) is 1. The maximum absolute atomic E-state index is 12.8. The van der Waals surface area contributed by atoms with E-state index in [9.17, 15) is 14.4 Å². The Kier molecular flexibility index (Phi) is 7.20.